The lowest BCUT2D eigenvalue weighted by Crippen LogP contribution is -2.19. The summed E-state index contributed by atoms with van der Waals surface area (Å²) in [7, 11) is -4.24. The molecule has 0 atom stereocenters. The van der Waals surface area contributed by atoms with Crippen LogP contribution in [-0.4, -0.2) is 28.6 Å². The van der Waals surface area contributed by atoms with Crippen molar-refractivity contribution in [1.82, 2.24) is 9.59 Å². The molecule has 3 N–H and O–H groups in total. The van der Waals surface area contributed by atoms with Gasteiger partial charge in [0.1, 0.15) is 0 Å². The van der Waals surface area contributed by atoms with Crippen LogP contribution in [0, 0.1) is 0 Å². The van der Waals surface area contributed by atoms with Gasteiger partial charge in [0, 0.05) is 17.2 Å². The second-order valence-electron chi connectivity index (χ2n) is 3.47. The molecule has 0 spiro atoms. The van der Waals surface area contributed by atoms with Crippen LogP contribution in [0.15, 0.2) is 33.8 Å². The Hall–Kier alpha value is -1.56. The van der Waals surface area contributed by atoms with Gasteiger partial charge in [-0.1, -0.05) is 4.49 Å². The molecule has 0 fully saturated rings. The first-order valence-electron chi connectivity index (χ1n) is 4.99. The number of nitrogens with one attached hydrogen (secondary N) is 2. The monoisotopic (exact) mass is 378 g/mol. The predicted molar refractivity (Wildman–Crippen MR) is 76.5 cm³/mol. The molecule has 0 aliphatic rings. The van der Waals surface area contributed by atoms with E-state index in [1.807, 2.05) is 0 Å². The number of hydrogen-bond acceptors (Lipinski definition) is 6. The second-order valence-corrected chi connectivity index (χ2v) is 6.40. The van der Waals surface area contributed by atoms with Crippen LogP contribution >= 0.6 is 27.5 Å². The van der Waals surface area contributed by atoms with Crippen molar-refractivity contribution in [1.29, 1.82) is 0 Å². The summed E-state index contributed by atoms with van der Waals surface area (Å²) < 4.78 is 34.6. The molecule has 20 heavy (non-hydrogen) atoms. The Balaban J connectivity index is 2.03. The van der Waals surface area contributed by atoms with Gasteiger partial charge >= 0.3 is 6.03 Å². The Labute approximate surface area is 126 Å². The molecule has 0 bridgehead atoms. The SMILES string of the molecule is O=C(Nc1ccc(S(=O)(=O)O)cc1)Nc1snnc1Br. The smallest absolute Gasteiger partial charge is 0.308 e. The van der Waals surface area contributed by atoms with Gasteiger partial charge in [-0.25, -0.2) is 4.79 Å². The molecular weight excluding hydrogens is 372 g/mol. The summed E-state index contributed by atoms with van der Waals surface area (Å²) in [5, 5.41) is 9.11. The number of urea groups is 1. The van der Waals surface area contributed by atoms with Crippen LogP contribution in [-0.2, 0) is 10.1 Å². The minimum atomic E-state index is -4.24. The Morgan fingerprint density at radius 3 is 2.40 bits per heavy atom. The fourth-order valence-corrected chi connectivity index (χ4v) is 2.67. The van der Waals surface area contributed by atoms with Gasteiger partial charge in [0.05, 0.1) is 4.90 Å². The molecule has 2 amide bonds. The summed E-state index contributed by atoms with van der Waals surface area (Å²) in [6, 6.07) is 4.52. The highest BCUT2D eigenvalue weighted by Crippen LogP contribution is 2.23. The topological polar surface area (TPSA) is 121 Å². The first kappa shape index (κ1) is 14.8. The molecular formula is C9H7BrN4O4S2. The maximum atomic E-state index is 11.7. The molecule has 0 aliphatic carbocycles. The van der Waals surface area contributed by atoms with Gasteiger partial charge in [0.15, 0.2) is 9.60 Å². The van der Waals surface area contributed by atoms with E-state index in [2.05, 4.69) is 36.2 Å². The summed E-state index contributed by atoms with van der Waals surface area (Å²) in [6.45, 7) is 0. The van der Waals surface area contributed by atoms with Crippen molar-refractivity contribution in [2.75, 3.05) is 10.6 Å². The van der Waals surface area contributed by atoms with Crippen molar-refractivity contribution < 1.29 is 17.8 Å². The number of hydrogen-bond donors (Lipinski definition) is 3. The third-order valence-electron chi connectivity index (χ3n) is 2.09. The molecule has 106 valence electrons. The highest BCUT2D eigenvalue weighted by Gasteiger charge is 2.11. The van der Waals surface area contributed by atoms with Crippen molar-refractivity contribution in [3.63, 3.8) is 0 Å². The number of carbonyl (C=O) groups is 1. The summed E-state index contributed by atoms with van der Waals surface area (Å²) in [4.78, 5) is 11.4. The van der Waals surface area contributed by atoms with Crippen LogP contribution in [0.5, 0.6) is 0 Å². The highest BCUT2D eigenvalue weighted by molar-refractivity contribution is 9.10. The molecule has 0 saturated carbocycles. The molecule has 2 rings (SSSR count). The maximum Gasteiger partial charge on any atom is 0.324 e. The van der Waals surface area contributed by atoms with Crippen molar-refractivity contribution in [2.24, 2.45) is 0 Å². The molecule has 1 heterocycles. The Morgan fingerprint density at radius 2 is 1.90 bits per heavy atom. The number of aromatic nitrogens is 2. The number of benzene rings is 1. The van der Waals surface area contributed by atoms with Gasteiger partial charge in [-0.3, -0.25) is 9.87 Å². The second kappa shape index (κ2) is 5.83. The number of carbonyl (C=O) groups excluding carboxylic acids is 1. The third-order valence-corrected chi connectivity index (χ3v) is 4.41. The van der Waals surface area contributed by atoms with Crippen LogP contribution in [0.1, 0.15) is 0 Å². The summed E-state index contributed by atoms with van der Waals surface area (Å²) in [5.74, 6) is 0. The van der Waals surface area contributed by atoms with Crippen LogP contribution in [0.25, 0.3) is 0 Å². The number of nitrogens with zero attached hydrogens (tertiary/aromatic N) is 2. The fourth-order valence-electron chi connectivity index (χ4n) is 1.23. The largest absolute Gasteiger partial charge is 0.324 e. The van der Waals surface area contributed by atoms with Gasteiger partial charge in [-0.2, -0.15) is 8.42 Å². The van der Waals surface area contributed by atoms with Gasteiger partial charge in [0.25, 0.3) is 10.1 Å². The molecule has 0 aliphatic heterocycles. The zero-order valence-electron chi connectivity index (χ0n) is 9.57. The standard InChI is InChI=1S/C9H7BrN4O4S2/c10-7-8(19-14-13-7)12-9(15)11-5-1-3-6(4-2-5)20(16,17)18/h1-4H,(H2,11,12,15)(H,16,17,18). The van der Waals surface area contributed by atoms with E-state index >= 15 is 0 Å². The number of halogens is 1. The highest BCUT2D eigenvalue weighted by atomic mass is 79.9. The lowest BCUT2D eigenvalue weighted by Gasteiger charge is -2.06. The minimum Gasteiger partial charge on any atom is -0.308 e. The number of anilines is 2. The van der Waals surface area contributed by atoms with E-state index in [1.54, 1.807) is 0 Å². The summed E-state index contributed by atoms with van der Waals surface area (Å²) in [5.41, 5.74) is 0.364. The van der Waals surface area contributed by atoms with Gasteiger partial charge < -0.3 is 5.32 Å². The van der Waals surface area contributed by atoms with Crippen molar-refractivity contribution in [2.45, 2.75) is 4.90 Å². The Kier molecular flexibility index (Phi) is 4.32. The van der Waals surface area contributed by atoms with E-state index in [-0.39, 0.29) is 4.90 Å². The Morgan fingerprint density at radius 1 is 1.25 bits per heavy atom. The first-order valence-corrected chi connectivity index (χ1v) is 8.00. The van der Waals surface area contributed by atoms with E-state index in [0.29, 0.717) is 15.3 Å². The van der Waals surface area contributed by atoms with Crippen LogP contribution in [0.4, 0.5) is 15.5 Å². The van der Waals surface area contributed by atoms with E-state index in [9.17, 15) is 13.2 Å². The number of amides is 2. The minimum absolute atomic E-state index is 0.252. The molecule has 0 unspecified atom stereocenters. The number of rotatable bonds is 3. The van der Waals surface area contributed by atoms with Gasteiger partial charge in [-0.15, -0.1) is 5.10 Å². The maximum absolute atomic E-state index is 11.7. The van der Waals surface area contributed by atoms with Crippen LogP contribution in [0.3, 0.4) is 0 Å². The average molecular weight is 379 g/mol. The van der Waals surface area contributed by atoms with Crippen LogP contribution < -0.4 is 10.6 Å². The van der Waals surface area contributed by atoms with E-state index in [1.165, 1.54) is 24.3 Å². The molecule has 11 heteroatoms. The van der Waals surface area contributed by atoms with Gasteiger partial charge in [-0.05, 0) is 40.2 Å². The van der Waals surface area contributed by atoms with Crippen molar-refractivity contribution in [3.05, 3.63) is 28.9 Å². The van der Waals surface area contributed by atoms with Crippen LogP contribution in [0.2, 0.25) is 0 Å². The molecule has 1 aromatic heterocycles. The summed E-state index contributed by atoms with van der Waals surface area (Å²) >= 11 is 4.11. The zero-order valence-corrected chi connectivity index (χ0v) is 12.8. The molecule has 2 aromatic rings. The van der Waals surface area contributed by atoms with Crippen molar-refractivity contribution in [3.8, 4) is 0 Å². The van der Waals surface area contributed by atoms with Crippen molar-refractivity contribution >= 4 is 54.3 Å². The zero-order chi connectivity index (χ0) is 14.8. The van der Waals surface area contributed by atoms with E-state index in [4.69, 9.17) is 4.55 Å². The quantitative estimate of drug-likeness (QED) is 0.703. The average Bonchev–Trinajstić information content (AvgIpc) is 2.74. The third kappa shape index (κ3) is 3.72. The van der Waals surface area contributed by atoms with E-state index in [0.717, 1.165) is 11.5 Å². The predicted octanol–water partition coefficient (Wildman–Crippen LogP) is 2.19. The Bertz CT molecular complexity index is 729. The summed E-state index contributed by atoms with van der Waals surface area (Å²) in [6.07, 6.45) is 0. The lowest BCUT2D eigenvalue weighted by molar-refractivity contribution is 0.262. The normalized spacial score (nSPS) is 11.1. The first-order chi connectivity index (χ1) is 9.36. The fraction of sp³-hybridized carbons (Fsp3) is 0. The van der Waals surface area contributed by atoms with Gasteiger partial charge in [0.2, 0.25) is 0 Å². The molecule has 1 aromatic carbocycles. The van der Waals surface area contributed by atoms with E-state index < -0.39 is 16.1 Å². The lowest BCUT2D eigenvalue weighted by atomic mass is 10.3. The molecule has 0 saturated heterocycles. The molecule has 0 radical (unpaired) electrons. The molecule has 8 nitrogen and oxygen atoms in total.